The number of ether oxygens (including phenoxy) is 1. The highest BCUT2D eigenvalue weighted by Gasteiger charge is 2.04. The first-order chi connectivity index (χ1) is 9.13. The molecule has 0 spiro atoms. The summed E-state index contributed by atoms with van der Waals surface area (Å²) in [5, 5.41) is 11.1. The molecule has 4 nitrogen and oxygen atoms in total. The smallest absolute Gasteiger partial charge is 0.153 e. The Labute approximate surface area is 117 Å². The van der Waals surface area contributed by atoms with Crippen LogP contribution in [0.2, 0.25) is 5.15 Å². The molecule has 19 heavy (non-hydrogen) atoms. The summed E-state index contributed by atoms with van der Waals surface area (Å²) in [4.78, 5) is 0. The maximum absolute atomic E-state index is 5.77. The van der Waals surface area contributed by atoms with Crippen molar-refractivity contribution in [3.05, 3.63) is 47.2 Å². The Kier molecular flexibility index (Phi) is 4.58. The minimum absolute atomic E-state index is 0.140. The molecule has 1 heterocycles. The Balaban J connectivity index is 1.84. The number of aryl methyl sites for hydroxylation is 1. The lowest BCUT2D eigenvalue weighted by molar-refractivity contribution is 0.304. The Bertz CT molecular complexity index is 530. The van der Waals surface area contributed by atoms with E-state index in [2.05, 4.69) is 15.5 Å². The molecule has 1 N–H and O–H groups in total. The van der Waals surface area contributed by atoms with Crippen LogP contribution in [0.3, 0.4) is 0 Å². The van der Waals surface area contributed by atoms with Gasteiger partial charge in [-0.15, -0.1) is 5.10 Å². The van der Waals surface area contributed by atoms with Crippen molar-refractivity contribution in [1.82, 2.24) is 10.2 Å². The van der Waals surface area contributed by atoms with E-state index in [0.29, 0.717) is 11.8 Å². The van der Waals surface area contributed by atoms with Crippen molar-refractivity contribution in [1.29, 1.82) is 0 Å². The van der Waals surface area contributed by atoms with Crippen molar-refractivity contribution in [3.8, 4) is 5.75 Å². The number of anilines is 1. The van der Waals surface area contributed by atoms with E-state index >= 15 is 0 Å². The van der Waals surface area contributed by atoms with Gasteiger partial charge in [0.2, 0.25) is 0 Å². The van der Waals surface area contributed by atoms with Gasteiger partial charge in [0.25, 0.3) is 0 Å². The zero-order chi connectivity index (χ0) is 13.7. The SMILES string of the molecule is Cc1ccc(OCC(C)Nc2cnnc(Cl)c2)cc1. The van der Waals surface area contributed by atoms with Crippen LogP contribution in [0.15, 0.2) is 36.5 Å². The van der Waals surface area contributed by atoms with Gasteiger partial charge in [-0.05, 0) is 26.0 Å². The second-order valence-corrected chi connectivity index (χ2v) is 4.82. The summed E-state index contributed by atoms with van der Waals surface area (Å²) >= 11 is 5.77. The Hall–Kier alpha value is -1.81. The standard InChI is InChI=1S/C14H16ClN3O/c1-10-3-5-13(6-4-10)19-9-11(2)17-12-7-14(15)18-16-8-12/h3-8,11H,9H2,1-2H3,(H,17,18). The third-order valence-corrected chi connectivity index (χ3v) is 2.74. The second kappa shape index (κ2) is 6.38. The van der Waals surface area contributed by atoms with E-state index in [9.17, 15) is 0 Å². The lowest BCUT2D eigenvalue weighted by atomic mass is 10.2. The highest BCUT2D eigenvalue weighted by molar-refractivity contribution is 6.29. The van der Waals surface area contributed by atoms with Gasteiger partial charge in [0.1, 0.15) is 12.4 Å². The predicted octanol–water partition coefficient (Wildman–Crippen LogP) is 3.32. The highest BCUT2D eigenvalue weighted by atomic mass is 35.5. The van der Waals surface area contributed by atoms with Crippen LogP contribution in [0.4, 0.5) is 5.69 Å². The summed E-state index contributed by atoms with van der Waals surface area (Å²) < 4.78 is 5.69. The van der Waals surface area contributed by atoms with Gasteiger partial charge in [0.15, 0.2) is 5.15 Å². The molecule has 1 unspecified atom stereocenters. The van der Waals surface area contributed by atoms with Gasteiger partial charge >= 0.3 is 0 Å². The van der Waals surface area contributed by atoms with Crippen molar-refractivity contribution in [2.24, 2.45) is 0 Å². The van der Waals surface area contributed by atoms with Crippen molar-refractivity contribution in [3.63, 3.8) is 0 Å². The molecule has 1 atom stereocenters. The normalized spacial score (nSPS) is 11.9. The topological polar surface area (TPSA) is 47.0 Å². The number of halogens is 1. The first-order valence-electron chi connectivity index (χ1n) is 6.08. The zero-order valence-electron chi connectivity index (χ0n) is 10.9. The predicted molar refractivity (Wildman–Crippen MR) is 76.8 cm³/mol. The van der Waals surface area contributed by atoms with E-state index in [1.165, 1.54) is 5.56 Å². The molecule has 0 aliphatic rings. The lowest BCUT2D eigenvalue weighted by Crippen LogP contribution is -2.23. The van der Waals surface area contributed by atoms with E-state index in [4.69, 9.17) is 16.3 Å². The molecular weight excluding hydrogens is 262 g/mol. The van der Waals surface area contributed by atoms with E-state index in [1.54, 1.807) is 12.3 Å². The van der Waals surface area contributed by atoms with Crippen LogP contribution in [0.25, 0.3) is 0 Å². The number of benzene rings is 1. The fraction of sp³-hybridized carbons (Fsp3) is 0.286. The molecule has 0 aliphatic carbocycles. The molecule has 0 fully saturated rings. The van der Waals surface area contributed by atoms with Crippen molar-refractivity contribution >= 4 is 17.3 Å². The van der Waals surface area contributed by atoms with E-state index in [-0.39, 0.29) is 6.04 Å². The van der Waals surface area contributed by atoms with Gasteiger partial charge in [-0.1, -0.05) is 29.3 Å². The Morgan fingerprint density at radius 2 is 2.05 bits per heavy atom. The van der Waals surface area contributed by atoms with Gasteiger partial charge in [-0.3, -0.25) is 0 Å². The molecule has 0 saturated heterocycles. The molecule has 1 aromatic heterocycles. The fourth-order valence-corrected chi connectivity index (χ4v) is 1.76. The number of hydrogen-bond acceptors (Lipinski definition) is 4. The fourth-order valence-electron chi connectivity index (χ4n) is 1.60. The monoisotopic (exact) mass is 277 g/mol. The molecule has 0 bridgehead atoms. The number of nitrogens with zero attached hydrogens (tertiary/aromatic N) is 2. The van der Waals surface area contributed by atoms with E-state index < -0.39 is 0 Å². The molecule has 0 radical (unpaired) electrons. The Morgan fingerprint density at radius 3 is 2.74 bits per heavy atom. The van der Waals surface area contributed by atoms with Crippen LogP contribution >= 0.6 is 11.6 Å². The molecule has 5 heteroatoms. The summed E-state index contributed by atoms with van der Waals surface area (Å²) in [6.45, 7) is 4.64. The lowest BCUT2D eigenvalue weighted by Gasteiger charge is -2.16. The summed E-state index contributed by atoms with van der Waals surface area (Å²) in [7, 11) is 0. The number of aromatic nitrogens is 2. The van der Waals surface area contributed by atoms with Crippen molar-refractivity contribution < 1.29 is 4.74 Å². The van der Waals surface area contributed by atoms with E-state index in [0.717, 1.165) is 11.4 Å². The number of rotatable bonds is 5. The second-order valence-electron chi connectivity index (χ2n) is 4.44. The minimum atomic E-state index is 0.140. The van der Waals surface area contributed by atoms with Gasteiger partial charge in [-0.25, -0.2) is 0 Å². The molecule has 0 saturated carbocycles. The van der Waals surface area contributed by atoms with Gasteiger partial charge in [0, 0.05) is 6.07 Å². The van der Waals surface area contributed by atoms with Gasteiger partial charge < -0.3 is 10.1 Å². The first kappa shape index (κ1) is 13.6. The van der Waals surface area contributed by atoms with Crippen molar-refractivity contribution in [2.75, 3.05) is 11.9 Å². The maximum atomic E-state index is 5.77. The average Bonchev–Trinajstić information content (AvgIpc) is 2.38. The Morgan fingerprint density at radius 1 is 1.32 bits per heavy atom. The molecule has 0 aliphatic heterocycles. The molecule has 2 rings (SSSR count). The zero-order valence-corrected chi connectivity index (χ0v) is 11.7. The van der Waals surface area contributed by atoms with Crippen LogP contribution in [0.5, 0.6) is 5.75 Å². The van der Waals surface area contributed by atoms with Gasteiger partial charge in [0.05, 0.1) is 17.9 Å². The minimum Gasteiger partial charge on any atom is -0.491 e. The molecule has 100 valence electrons. The van der Waals surface area contributed by atoms with Crippen molar-refractivity contribution in [2.45, 2.75) is 19.9 Å². The van der Waals surface area contributed by atoms with Crippen LogP contribution in [-0.2, 0) is 0 Å². The largest absolute Gasteiger partial charge is 0.491 e. The summed E-state index contributed by atoms with van der Waals surface area (Å²) in [6, 6.07) is 9.86. The summed E-state index contributed by atoms with van der Waals surface area (Å²) in [5.41, 5.74) is 2.05. The average molecular weight is 278 g/mol. The van der Waals surface area contributed by atoms with Crippen LogP contribution < -0.4 is 10.1 Å². The first-order valence-corrected chi connectivity index (χ1v) is 6.45. The van der Waals surface area contributed by atoms with Crippen LogP contribution in [0.1, 0.15) is 12.5 Å². The summed E-state index contributed by atoms with van der Waals surface area (Å²) in [6.07, 6.45) is 1.63. The maximum Gasteiger partial charge on any atom is 0.153 e. The quantitative estimate of drug-likeness (QED) is 0.911. The van der Waals surface area contributed by atoms with Crippen LogP contribution in [0, 0.1) is 6.92 Å². The molecular formula is C14H16ClN3O. The van der Waals surface area contributed by atoms with Gasteiger partial charge in [-0.2, -0.15) is 5.10 Å². The number of hydrogen-bond donors (Lipinski definition) is 1. The molecule has 2 aromatic rings. The molecule has 0 amide bonds. The third-order valence-electron chi connectivity index (χ3n) is 2.56. The molecule has 1 aromatic carbocycles. The summed E-state index contributed by atoms with van der Waals surface area (Å²) in [5.74, 6) is 0.866. The van der Waals surface area contributed by atoms with Crippen LogP contribution in [-0.4, -0.2) is 22.8 Å². The van der Waals surface area contributed by atoms with E-state index in [1.807, 2.05) is 38.1 Å². The number of nitrogens with one attached hydrogen (secondary N) is 1. The highest BCUT2D eigenvalue weighted by Crippen LogP contribution is 2.14. The third kappa shape index (κ3) is 4.41.